The number of para-hydroxylation sites is 1. The third-order valence-corrected chi connectivity index (χ3v) is 5.86. The summed E-state index contributed by atoms with van der Waals surface area (Å²) in [4.78, 5) is 58.3. The van der Waals surface area contributed by atoms with Crippen molar-refractivity contribution >= 4 is 56.5 Å². The van der Waals surface area contributed by atoms with E-state index >= 15 is 0 Å². The summed E-state index contributed by atoms with van der Waals surface area (Å²) in [6, 6.07) is 6.51. The van der Waals surface area contributed by atoms with E-state index in [0.29, 0.717) is 28.3 Å². The van der Waals surface area contributed by atoms with Crippen molar-refractivity contribution in [2.75, 3.05) is 11.9 Å². The molecule has 1 aliphatic carbocycles. The van der Waals surface area contributed by atoms with Gasteiger partial charge in [0.2, 0.25) is 11.8 Å². The molecular formula is C21H21BrN8O5. The second-order valence-corrected chi connectivity index (χ2v) is 8.68. The lowest BCUT2D eigenvalue weighted by atomic mass is 9.87. The fourth-order valence-corrected chi connectivity index (χ4v) is 4.17. The van der Waals surface area contributed by atoms with Gasteiger partial charge in [-0.25, -0.2) is 9.78 Å². The van der Waals surface area contributed by atoms with Crippen LogP contribution in [0.5, 0.6) is 0 Å². The van der Waals surface area contributed by atoms with E-state index in [1.807, 2.05) is 0 Å². The van der Waals surface area contributed by atoms with Gasteiger partial charge >= 0.3 is 6.09 Å². The summed E-state index contributed by atoms with van der Waals surface area (Å²) in [5, 5.41) is 7.33. The van der Waals surface area contributed by atoms with Crippen LogP contribution in [-0.2, 0) is 20.9 Å². The van der Waals surface area contributed by atoms with Gasteiger partial charge in [-0.3, -0.25) is 24.0 Å². The maximum atomic E-state index is 13.3. The molecule has 0 radical (unpaired) electrons. The Hall–Kier alpha value is -4.07. The predicted molar refractivity (Wildman–Crippen MR) is 126 cm³/mol. The van der Waals surface area contributed by atoms with Gasteiger partial charge in [-0.15, -0.1) is 0 Å². The normalized spacial score (nSPS) is 16.8. The number of nitrogens with zero attached hydrogens (tertiary/aromatic N) is 5. The van der Waals surface area contributed by atoms with Crippen LogP contribution < -0.4 is 16.8 Å². The van der Waals surface area contributed by atoms with Crippen molar-refractivity contribution in [2.45, 2.75) is 31.5 Å². The number of halogens is 1. The fourth-order valence-electron chi connectivity index (χ4n) is 3.86. The maximum absolute atomic E-state index is 13.3. The molecule has 0 saturated heterocycles. The highest BCUT2D eigenvalue weighted by molar-refractivity contribution is 9.10. The van der Waals surface area contributed by atoms with Crippen LogP contribution in [-0.4, -0.2) is 67.2 Å². The molecular weight excluding hydrogens is 524 g/mol. The third kappa shape index (κ3) is 5.54. The highest BCUT2D eigenvalue weighted by atomic mass is 79.9. The standard InChI is InChI=1S/C21H21BrN8O5/c22-15-7-25-8-16(26-15)27-17(31)9-29(11-5-12(6-11)35-21(24)34)18(32)10-30-14-4-2-1-3-13(14)19(28-30)20(23)33/h1-4,7-8,11-12H,5-6,9-10H2,(H2,23,33)(H2,24,34)(H,26,27,31). The van der Waals surface area contributed by atoms with E-state index in [2.05, 4.69) is 36.3 Å². The number of hydrogen-bond donors (Lipinski definition) is 3. The number of amides is 4. The zero-order chi connectivity index (χ0) is 25.1. The van der Waals surface area contributed by atoms with Crippen LogP contribution >= 0.6 is 15.9 Å². The lowest BCUT2D eigenvalue weighted by Crippen LogP contribution is -2.54. The fraction of sp³-hybridized carbons (Fsp3) is 0.286. The molecule has 0 spiro atoms. The Labute approximate surface area is 206 Å². The van der Waals surface area contributed by atoms with Gasteiger partial charge < -0.3 is 26.4 Å². The van der Waals surface area contributed by atoms with Crippen LogP contribution in [0.4, 0.5) is 10.6 Å². The Morgan fingerprint density at radius 1 is 1.17 bits per heavy atom. The van der Waals surface area contributed by atoms with Crippen molar-refractivity contribution in [3.05, 3.63) is 47.0 Å². The highest BCUT2D eigenvalue weighted by Gasteiger charge is 2.39. The molecule has 4 amide bonds. The molecule has 2 aromatic heterocycles. The molecule has 0 bridgehead atoms. The van der Waals surface area contributed by atoms with Crippen LogP contribution in [0.25, 0.3) is 10.9 Å². The third-order valence-electron chi connectivity index (χ3n) is 5.48. The largest absolute Gasteiger partial charge is 0.446 e. The number of fused-ring (bicyclic) bond motifs is 1. The number of benzene rings is 1. The summed E-state index contributed by atoms with van der Waals surface area (Å²) in [5.74, 6) is -1.42. The Morgan fingerprint density at radius 2 is 1.91 bits per heavy atom. The quantitative estimate of drug-likeness (QED) is 0.370. The van der Waals surface area contributed by atoms with Crippen molar-refractivity contribution in [2.24, 2.45) is 11.5 Å². The molecule has 2 heterocycles. The number of nitrogens with two attached hydrogens (primary N) is 2. The van der Waals surface area contributed by atoms with Gasteiger partial charge in [-0.1, -0.05) is 18.2 Å². The zero-order valence-corrected chi connectivity index (χ0v) is 19.8. The van der Waals surface area contributed by atoms with E-state index in [9.17, 15) is 19.2 Å². The molecule has 0 unspecified atom stereocenters. The Kier molecular flexibility index (Phi) is 6.91. The van der Waals surface area contributed by atoms with Crippen molar-refractivity contribution in [3.8, 4) is 0 Å². The van der Waals surface area contributed by atoms with Crippen molar-refractivity contribution in [1.82, 2.24) is 24.6 Å². The average molecular weight is 545 g/mol. The Morgan fingerprint density at radius 3 is 2.60 bits per heavy atom. The van der Waals surface area contributed by atoms with E-state index in [0.717, 1.165) is 0 Å². The number of hydrogen-bond acceptors (Lipinski definition) is 8. The zero-order valence-electron chi connectivity index (χ0n) is 18.3. The second-order valence-electron chi connectivity index (χ2n) is 7.87. The SMILES string of the molecule is NC(=O)OC1CC(N(CC(=O)Nc2cncc(Br)n2)C(=O)Cn2nc(C(N)=O)c3ccccc32)C1. The Bertz CT molecular complexity index is 1310. The number of carbonyl (C=O) groups excluding carboxylic acids is 4. The molecule has 0 atom stereocenters. The Balaban J connectivity index is 1.53. The monoisotopic (exact) mass is 544 g/mol. The van der Waals surface area contributed by atoms with E-state index in [1.54, 1.807) is 24.3 Å². The minimum Gasteiger partial charge on any atom is -0.446 e. The smallest absolute Gasteiger partial charge is 0.404 e. The van der Waals surface area contributed by atoms with Gasteiger partial charge in [-0.2, -0.15) is 5.10 Å². The van der Waals surface area contributed by atoms with Gasteiger partial charge in [0.05, 0.1) is 17.9 Å². The highest BCUT2D eigenvalue weighted by Crippen LogP contribution is 2.29. The molecule has 35 heavy (non-hydrogen) atoms. The topological polar surface area (TPSA) is 188 Å². The summed E-state index contributed by atoms with van der Waals surface area (Å²) < 4.78 is 6.78. The van der Waals surface area contributed by atoms with Gasteiger partial charge in [0.1, 0.15) is 23.8 Å². The molecule has 1 saturated carbocycles. The molecule has 4 rings (SSSR count). The number of aromatic nitrogens is 4. The van der Waals surface area contributed by atoms with E-state index in [1.165, 1.54) is 22.0 Å². The number of carbonyl (C=O) groups is 4. The molecule has 1 aromatic carbocycles. The van der Waals surface area contributed by atoms with Crippen LogP contribution in [0.1, 0.15) is 23.3 Å². The molecule has 1 fully saturated rings. The molecule has 182 valence electrons. The molecule has 1 aliphatic rings. The summed E-state index contributed by atoms with van der Waals surface area (Å²) in [7, 11) is 0. The van der Waals surface area contributed by atoms with Crippen LogP contribution in [0.3, 0.4) is 0 Å². The van der Waals surface area contributed by atoms with E-state index in [4.69, 9.17) is 16.2 Å². The number of rotatable bonds is 8. The summed E-state index contributed by atoms with van der Waals surface area (Å²) in [6.07, 6.45) is 2.14. The predicted octanol–water partition coefficient (Wildman–Crippen LogP) is 0.781. The summed E-state index contributed by atoms with van der Waals surface area (Å²) in [6.45, 7) is -0.529. The molecule has 5 N–H and O–H groups in total. The van der Waals surface area contributed by atoms with Crippen LogP contribution in [0, 0.1) is 0 Å². The maximum Gasteiger partial charge on any atom is 0.404 e. The molecule has 14 heteroatoms. The van der Waals surface area contributed by atoms with Crippen molar-refractivity contribution < 1.29 is 23.9 Å². The van der Waals surface area contributed by atoms with Gasteiger partial charge in [0.25, 0.3) is 5.91 Å². The van der Waals surface area contributed by atoms with Crippen LogP contribution in [0.2, 0.25) is 0 Å². The molecule has 0 aliphatic heterocycles. The summed E-state index contributed by atoms with van der Waals surface area (Å²) >= 11 is 3.18. The number of primary amides is 2. The minimum atomic E-state index is -0.903. The van der Waals surface area contributed by atoms with Gasteiger partial charge in [0.15, 0.2) is 11.5 Å². The number of anilines is 1. The van der Waals surface area contributed by atoms with Crippen molar-refractivity contribution in [1.29, 1.82) is 0 Å². The average Bonchev–Trinajstić information content (AvgIpc) is 3.13. The van der Waals surface area contributed by atoms with Gasteiger partial charge in [0, 0.05) is 24.3 Å². The number of ether oxygens (including phenoxy) is 1. The van der Waals surface area contributed by atoms with Crippen molar-refractivity contribution in [3.63, 3.8) is 0 Å². The molecule has 13 nitrogen and oxygen atoms in total. The molecule has 3 aromatic rings. The van der Waals surface area contributed by atoms with Crippen LogP contribution in [0.15, 0.2) is 41.3 Å². The first kappa shape index (κ1) is 24.1. The van der Waals surface area contributed by atoms with E-state index < -0.39 is 29.9 Å². The second kappa shape index (κ2) is 10.0. The lowest BCUT2D eigenvalue weighted by Gasteiger charge is -2.41. The van der Waals surface area contributed by atoms with Gasteiger partial charge in [-0.05, 0) is 22.0 Å². The first-order valence-electron chi connectivity index (χ1n) is 10.5. The van der Waals surface area contributed by atoms with E-state index in [-0.39, 0.29) is 30.6 Å². The first-order valence-corrected chi connectivity index (χ1v) is 11.3. The number of nitrogens with one attached hydrogen (secondary N) is 1. The summed E-state index contributed by atoms with van der Waals surface area (Å²) in [5.41, 5.74) is 11.1. The first-order chi connectivity index (χ1) is 16.7. The lowest BCUT2D eigenvalue weighted by molar-refractivity contribution is -0.142. The minimum absolute atomic E-state index is 0.0458.